The molecule has 7 rings (SSSR count). The van der Waals surface area contributed by atoms with E-state index in [1.807, 2.05) is 78.9 Å². The fraction of sp³-hybridized carbons (Fsp3) is 0.477. The van der Waals surface area contributed by atoms with E-state index < -0.39 is 122 Å². The summed E-state index contributed by atoms with van der Waals surface area (Å²) in [5.41, 5.74) is 2.23. The predicted molar refractivity (Wildman–Crippen MR) is 339 cm³/mol. The number of nitrogens with one attached hydrogen (secondary N) is 5. The Labute approximate surface area is 534 Å². The normalized spacial score (nSPS) is 22.8. The molecule has 5 aromatic carbocycles. The molecule has 12 N–H and O–H groups in total. The van der Waals surface area contributed by atoms with E-state index in [9.17, 15) is 74.1 Å². The molecule has 2 aliphatic heterocycles. The molecular formula is C65H81N5O19S2. The van der Waals surface area contributed by atoms with Gasteiger partial charge in [0.15, 0.2) is 12.1 Å². The van der Waals surface area contributed by atoms with Crippen molar-refractivity contribution in [2.45, 2.75) is 138 Å². The lowest BCUT2D eigenvalue weighted by molar-refractivity contribution is -0.310. The summed E-state index contributed by atoms with van der Waals surface area (Å²) in [4.78, 5) is 101. The molecule has 5 amide bonds. The van der Waals surface area contributed by atoms with E-state index in [4.69, 9.17) is 18.9 Å². The van der Waals surface area contributed by atoms with Crippen LogP contribution in [0.4, 0.5) is 0 Å². The predicted octanol–water partition coefficient (Wildman–Crippen LogP) is 2.11. The van der Waals surface area contributed by atoms with Gasteiger partial charge in [0.05, 0.1) is 62.6 Å². The molecule has 24 nitrogen and oxygen atoms in total. The molecule has 2 fully saturated rings. The number of ketones is 1. The summed E-state index contributed by atoms with van der Waals surface area (Å²) in [5, 5.41) is 94.0. The number of fused-ring (bicyclic) bond motifs is 2. The average Bonchev–Trinajstić information content (AvgIpc) is 0.852. The Hall–Kier alpha value is -6.92. The van der Waals surface area contributed by atoms with Gasteiger partial charge in [-0.15, -0.1) is 0 Å². The lowest BCUT2D eigenvalue weighted by Crippen LogP contribution is -2.68. The number of carboxylic acids is 1. The Morgan fingerprint density at radius 3 is 1.58 bits per heavy atom. The highest BCUT2D eigenvalue weighted by Gasteiger charge is 2.56. The zero-order valence-corrected chi connectivity index (χ0v) is 52.2. The van der Waals surface area contributed by atoms with Crippen LogP contribution in [0.2, 0.25) is 0 Å². The van der Waals surface area contributed by atoms with Crippen molar-refractivity contribution in [2.24, 2.45) is 0 Å². The number of Topliss-reactive ketones (excluding diaryl/α,β-unsaturated/α-hetero) is 1. The number of aliphatic carboxylic acids is 1. The molecule has 0 spiro atoms. The van der Waals surface area contributed by atoms with Gasteiger partial charge in [-0.05, 0) is 81.3 Å². The molecule has 0 aromatic heterocycles. The minimum Gasteiger partial charge on any atom is -0.477 e. The third kappa shape index (κ3) is 20.8. The average molecular weight is 1300 g/mol. The number of aliphatic hydroxyl groups excluding tert-OH is 6. The van der Waals surface area contributed by atoms with Crippen molar-refractivity contribution >= 4 is 92.6 Å². The lowest BCUT2D eigenvalue weighted by atomic mass is 9.88. The zero-order valence-electron chi connectivity index (χ0n) is 50.6. The molecule has 5 aromatic rings. The van der Waals surface area contributed by atoms with E-state index in [1.165, 1.54) is 30.4 Å². The van der Waals surface area contributed by atoms with Crippen LogP contribution in [0.3, 0.4) is 0 Å². The minimum atomic E-state index is -2.46. The van der Waals surface area contributed by atoms with E-state index in [0.29, 0.717) is 71.8 Å². The summed E-state index contributed by atoms with van der Waals surface area (Å²) in [6, 6.07) is 30.1. The van der Waals surface area contributed by atoms with Gasteiger partial charge in [-0.3, -0.25) is 33.6 Å². The van der Waals surface area contributed by atoms with Crippen LogP contribution in [0.5, 0.6) is 0 Å². The number of thioether (sulfide) groups is 2. The number of hydrogen-bond acceptors (Lipinski definition) is 20. The number of rotatable bonds is 35. The smallest absolute Gasteiger partial charge is 0.364 e. The Kier molecular flexibility index (Phi) is 27.2. The number of carbonyl (C=O) groups excluding carboxylic acids is 7. The third-order valence-electron chi connectivity index (χ3n) is 15.5. The van der Waals surface area contributed by atoms with Crippen molar-refractivity contribution in [3.63, 3.8) is 0 Å². The topological polar surface area (TPSA) is 375 Å². The van der Waals surface area contributed by atoms with Crippen LogP contribution in [-0.4, -0.2) is 212 Å². The highest BCUT2D eigenvalue weighted by atomic mass is 32.2. The van der Waals surface area contributed by atoms with E-state index in [1.54, 1.807) is 30.3 Å². The standard InChI is InChI=1S/C65H81N5O19S2/c1-39(72)69-56-50(75)34-64(38-71,88-60(56)58(81)52(77)36-67-54(79)32-41-15-17-43-10-3-5-12-47(43)30-41)86-24-8-28-91-29-23-66-62(83)46-21-19-45(20-22-46)49(74)14-7-26-90-27-9-25-87-65(63(84)85)35-51(76)57(70-40(2)73)61(89-65)59(82)53(78)37-68-55(80)33-42-16-18-44-11-4-6-13-48(44)31-42/h3-6,10-13,15-22,30-31,38,50-53,56-61,75-78,81-82H,7-9,14,23-29,32-37H2,1-2H3,(H,66,83)(H,67,79)(H,68,80)(H,69,72)(H,70,73)(H,84,85)/t50-,51-,52+,53+,56+,57+,58+,59+,60+,61+,64+,65+/m0/s1. The summed E-state index contributed by atoms with van der Waals surface area (Å²) in [6.07, 6.45) is -12.4. The molecule has 2 saturated heterocycles. The van der Waals surface area contributed by atoms with Crippen molar-refractivity contribution in [1.29, 1.82) is 0 Å². The number of benzene rings is 5. The van der Waals surface area contributed by atoms with Crippen LogP contribution in [0.1, 0.15) is 84.2 Å². The molecule has 0 aliphatic carbocycles. The van der Waals surface area contributed by atoms with E-state index in [-0.39, 0.29) is 50.6 Å². The number of carboxylic acid groups (broad SMARTS) is 1. The van der Waals surface area contributed by atoms with Gasteiger partial charge < -0.3 is 81.3 Å². The highest BCUT2D eigenvalue weighted by molar-refractivity contribution is 7.99. The van der Waals surface area contributed by atoms with Crippen LogP contribution >= 0.6 is 23.5 Å². The van der Waals surface area contributed by atoms with Gasteiger partial charge in [-0.1, -0.05) is 97.1 Å². The second-order valence-electron chi connectivity index (χ2n) is 22.6. The monoisotopic (exact) mass is 1300 g/mol. The SMILES string of the molecule is CC(=O)N[C@H]1[C@H]([C@H](O)[C@H](O)CNC(=O)Cc2ccc3ccccc3c2)O[C@](C=O)(OCCCSCCNC(=O)c2ccc(C(=O)CCCSCCCO[C@]3(C(=O)O)C[C@H](O)[C@@H](NC(C)=O)[C@H]([C@H](O)[C@H](O)CNC(=O)Cc4ccc5ccccc5c4)O3)cc2)C[C@@H]1O. The molecule has 91 heavy (non-hydrogen) atoms. The Bertz CT molecular complexity index is 3290. The van der Waals surface area contributed by atoms with E-state index >= 15 is 0 Å². The number of aldehydes is 1. The molecule has 12 atom stereocenters. The summed E-state index contributed by atoms with van der Waals surface area (Å²) >= 11 is 2.99. The molecule has 2 heterocycles. The quantitative estimate of drug-likeness (QED) is 0.0157. The molecule has 0 unspecified atom stereocenters. The number of ether oxygens (including phenoxy) is 4. The fourth-order valence-electron chi connectivity index (χ4n) is 10.8. The van der Waals surface area contributed by atoms with Crippen LogP contribution in [0.15, 0.2) is 109 Å². The first-order chi connectivity index (χ1) is 43.6. The minimum absolute atomic E-state index is 0.00191. The Morgan fingerprint density at radius 1 is 0.593 bits per heavy atom. The second kappa shape index (κ2) is 34.7. The maximum absolute atomic E-state index is 13.0. The van der Waals surface area contributed by atoms with Crippen molar-refractivity contribution < 1.29 is 93.0 Å². The first kappa shape index (κ1) is 71.5. The van der Waals surface area contributed by atoms with Crippen molar-refractivity contribution in [1.82, 2.24) is 26.6 Å². The van der Waals surface area contributed by atoms with Crippen LogP contribution in [0, 0.1) is 0 Å². The number of hydrogen-bond donors (Lipinski definition) is 12. The second-order valence-corrected chi connectivity index (χ2v) is 25.0. The Balaban J connectivity index is 0.760. The summed E-state index contributed by atoms with van der Waals surface area (Å²) in [7, 11) is 0. The molecular weight excluding hydrogens is 1220 g/mol. The zero-order chi connectivity index (χ0) is 65.7. The molecule has 0 radical (unpaired) electrons. The van der Waals surface area contributed by atoms with Crippen LogP contribution in [-0.2, 0) is 60.6 Å². The van der Waals surface area contributed by atoms with Gasteiger partial charge in [-0.2, -0.15) is 23.5 Å². The van der Waals surface area contributed by atoms with E-state index in [2.05, 4.69) is 26.6 Å². The van der Waals surface area contributed by atoms with Crippen molar-refractivity contribution in [3.8, 4) is 0 Å². The number of amides is 5. The lowest BCUT2D eigenvalue weighted by Gasteiger charge is -2.46. The first-order valence-corrected chi connectivity index (χ1v) is 32.4. The van der Waals surface area contributed by atoms with Crippen molar-refractivity contribution in [2.75, 3.05) is 55.9 Å². The number of aliphatic hydroxyl groups is 6. The molecule has 492 valence electrons. The molecule has 0 saturated carbocycles. The fourth-order valence-corrected chi connectivity index (χ4v) is 12.4. The van der Waals surface area contributed by atoms with E-state index in [0.717, 1.165) is 34.0 Å². The highest BCUT2D eigenvalue weighted by Crippen LogP contribution is 2.35. The number of carbonyl (C=O) groups is 8. The molecule has 26 heteroatoms. The summed E-state index contributed by atoms with van der Waals surface area (Å²) in [5.74, 6) is -6.51. The van der Waals surface area contributed by atoms with Gasteiger partial charge in [0, 0.05) is 69.6 Å². The third-order valence-corrected chi connectivity index (χ3v) is 17.7. The van der Waals surface area contributed by atoms with Gasteiger partial charge >= 0.3 is 5.97 Å². The Morgan fingerprint density at radius 2 is 1.07 bits per heavy atom. The molecule has 2 aliphatic rings. The maximum atomic E-state index is 13.0. The maximum Gasteiger partial charge on any atom is 0.364 e. The summed E-state index contributed by atoms with van der Waals surface area (Å²) in [6.45, 7) is 1.63. The molecule has 0 bridgehead atoms. The van der Waals surface area contributed by atoms with Gasteiger partial charge in [0.25, 0.3) is 11.7 Å². The van der Waals surface area contributed by atoms with Gasteiger partial charge in [0.1, 0.15) is 24.4 Å². The van der Waals surface area contributed by atoms with Gasteiger partial charge in [0.2, 0.25) is 29.4 Å². The van der Waals surface area contributed by atoms with Gasteiger partial charge in [-0.25, -0.2) is 4.79 Å². The first-order valence-electron chi connectivity index (χ1n) is 30.1. The van der Waals surface area contributed by atoms with Crippen LogP contribution in [0.25, 0.3) is 21.5 Å². The summed E-state index contributed by atoms with van der Waals surface area (Å²) < 4.78 is 23.4. The van der Waals surface area contributed by atoms with Crippen LogP contribution < -0.4 is 26.6 Å². The largest absolute Gasteiger partial charge is 0.477 e. The van der Waals surface area contributed by atoms with Crippen molar-refractivity contribution in [3.05, 3.63) is 131 Å².